The lowest BCUT2D eigenvalue weighted by atomic mass is 10.1. The number of para-hydroxylation sites is 1. The quantitative estimate of drug-likeness (QED) is 0.729. The van der Waals surface area contributed by atoms with Crippen molar-refractivity contribution in [2.45, 2.75) is 12.8 Å². The van der Waals surface area contributed by atoms with Gasteiger partial charge >= 0.3 is 0 Å². The van der Waals surface area contributed by atoms with Gasteiger partial charge in [-0.3, -0.25) is 9.59 Å². The van der Waals surface area contributed by atoms with E-state index in [4.69, 9.17) is 4.74 Å². The van der Waals surface area contributed by atoms with E-state index in [1.165, 1.54) is 11.0 Å². The van der Waals surface area contributed by atoms with E-state index in [0.29, 0.717) is 41.3 Å². The molecular weight excluding hydrogens is 360 g/mol. The van der Waals surface area contributed by atoms with Crippen LogP contribution in [0.5, 0.6) is 5.75 Å². The molecule has 0 radical (unpaired) electrons. The molecule has 0 atom stereocenters. The lowest BCUT2D eigenvalue weighted by Gasteiger charge is -2.20. The molecule has 0 aliphatic carbocycles. The number of carbonyl (C=O) groups is 2. The van der Waals surface area contributed by atoms with Crippen LogP contribution in [0, 0.1) is 0 Å². The highest BCUT2D eigenvalue weighted by Gasteiger charge is 2.25. The molecule has 142 valence electrons. The Kier molecular flexibility index (Phi) is 4.71. The summed E-state index contributed by atoms with van der Waals surface area (Å²) in [5.74, 6) is 0.322. The third kappa shape index (κ3) is 3.29. The molecule has 3 aromatic rings. The minimum Gasteiger partial charge on any atom is -0.495 e. The summed E-state index contributed by atoms with van der Waals surface area (Å²) in [4.78, 5) is 26.7. The second-order valence-electron chi connectivity index (χ2n) is 6.26. The number of tetrazole rings is 1. The van der Waals surface area contributed by atoms with Gasteiger partial charge in [0.15, 0.2) is 0 Å². The van der Waals surface area contributed by atoms with Gasteiger partial charge in [-0.25, -0.2) is 0 Å². The zero-order valence-corrected chi connectivity index (χ0v) is 15.2. The molecule has 2 heterocycles. The van der Waals surface area contributed by atoms with Crippen LogP contribution in [-0.4, -0.2) is 45.7 Å². The molecule has 0 bridgehead atoms. The first-order valence-electron chi connectivity index (χ1n) is 8.79. The first-order chi connectivity index (χ1) is 13.7. The van der Waals surface area contributed by atoms with E-state index < -0.39 is 0 Å². The van der Waals surface area contributed by atoms with Gasteiger partial charge in [-0.2, -0.15) is 4.68 Å². The number of nitrogens with one attached hydrogen (secondary N) is 1. The molecule has 1 N–H and O–H groups in total. The zero-order valence-electron chi connectivity index (χ0n) is 15.2. The van der Waals surface area contributed by atoms with Crippen molar-refractivity contribution in [3.8, 4) is 11.4 Å². The Balaban J connectivity index is 1.63. The Labute approximate surface area is 160 Å². The van der Waals surface area contributed by atoms with Crippen molar-refractivity contribution in [2.24, 2.45) is 0 Å². The molecule has 1 aromatic heterocycles. The molecule has 9 nitrogen and oxygen atoms in total. The Morgan fingerprint density at radius 3 is 2.75 bits per heavy atom. The van der Waals surface area contributed by atoms with E-state index in [0.717, 1.165) is 6.42 Å². The molecular formula is C19H18N6O3. The Hall–Kier alpha value is -3.75. The first kappa shape index (κ1) is 17.7. The van der Waals surface area contributed by atoms with Crippen LogP contribution < -0.4 is 15.0 Å². The largest absolute Gasteiger partial charge is 0.495 e. The van der Waals surface area contributed by atoms with Gasteiger partial charge in [-0.05, 0) is 47.2 Å². The summed E-state index contributed by atoms with van der Waals surface area (Å²) in [6.07, 6.45) is 2.74. The summed E-state index contributed by atoms with van der Waals surface area (Å²) in [6.45, 7) is 0.634. The number of methoxy groups -OCH3 is 1. The third-order valence-corrected chi connectivity index (χ3v) is 4.55. The highest BCUT2D eigenvalue weighted by molar-refractivity contribution is 6.07. The SMILES string of the molecule is COc1ccc(NC(=O)c2ccccc2-n2cnnn2)cc1N1CCCC1=O. The van der Waals surface area contributed by atoms with Gasteiger partial charge < -0.3 is 15.0 Å². The number of benzene rings is 2. The number of aromatic nitrogens is 4. The molecule has 1 fully saturated rings. The summed E-state index contributed by atoms with van der Waals surface area (Å²) >= 11 is 0. The molecule has 0 saturated carbocycles. The van der Waals surface area contributed by atoms with Gasteiger partial charge in [0, 0.05) is 18.7 Å². The van der Waals surface area contributed by atoms with Crippen LogP contribution in [0.3, 0.4) is 0 Å². The van der Waals surface area contributed by atoms with Crippen molar-refractivity contribution in [3.05, 3.63) is 54.4 Å². The van der Waals surface area contributed by atoms with Crippen molar-refractivity contribution in [2.75, 3.05) is 23.9 Å². The molecule has 2 amide bonds. The molecule has 1 aliphatic rings. The van der Waals surface area contributed by atoms with Gasteiger partial charge in [-0.1, -0.05) is 12.1 Å². The standard InChI is InChI=1S/C19H18N6O3/c1-28-17-9-8-13(11-16(17)24-10-4-7-18(24)26)21-19(27)14-5-2-3-6-15(14)25-12-20-22-23-25/h2-3,5-6,8-9,11-12H,4,7,10H2,1H3,(H,21,27). The summed E-state index contributed by atoms with van der Waals surface area (Å²) in [5, 5.41) is 14.0. The third-order valence-electron chi connectivity index (χ3n) is 4.55. The van der Waals surface area contributed by atoms with E-state index in [2.05, 4.69) is 20.8 Å². The highest BCUT2D eigenvalue weighted by atomic mass is 16.5. The average Bonchev–Trinajstić information content (AvgIpc) is 3.39. The lowest BCUT2D eigenvalue weighted by Crippen LogP contribution is -2.24. The number of ether oxygens (including phenoxy) is 1. The van der Waals surface area contributed by atoms with Crippen molar-refractivity contribution in [1.29, 1.82) is 0 Å². The molecule has 2 aromatic carbocycles. The number of carbonyl (C=O) groups excluding carboxylic acids is 2. The predicted molar refractivity (Wildman–Crippen MR) is 102 cm³/mol. The van der Waals surface area contributed by atoms with E-state index in [1.807, 2.05) is 0 Å². The number of rotatable bonds is 5. The normalized spacial score (nSPS) is 13.6. The van der Waals surface area contributed by atoms with Crippen LogP contribution in [0.2, 0.25) is 0 Å². The van der Waals surface area contributed by atoms with Gasteiger partial charge in [0.25, 0.3) is 5.91 Å². The number of anilines is 2. The molecule has 1 aliphatic heterocycles. The maximum Gasteiger partial charge on any atom is 0.257 e. The van der Waals surface area contributed by atoms with Crippen LogP contribution in [0.1, 0.15) is 23.2 Å². The summed E-state index contributed by atoms with van der Waals surface area (Å²) in [7, 11) is 1.56. The molecule has 0 spiro atoms. The Morgan fingerprint density at radius 2 is 2.04 bits per heavy atom. The topological polar surface area (TPSA) is 102 Å². The lowest BCUT2D eigenvalue weighted by molar-refractivity contribution is -0.117. The first-order valence-corrected chi connectivity index (χ1v) is 8.79. The number of amides is 2. The molecule has 4 rings (SSSR count). The maximum atomic E-state index is 12.9. The van der Waals surface area contributed by atoms with Crippen molar-refractivity contribution >= 4 is 23.2 Å². The molecule has 9 heteroatoms. The van der Waals surface area contributed by atoms with Crippen LogP contribution in [0.25, 0.3) is 5.69 Å². The summed E-state index contributed by atoms with van der Waals surface area (Å²) in [5.41, 5.74) is 2.20. The van der Waals surface area contributed by atoms with Crippen LogP contribution in [-0.2, 0) is 4.79 Å². The smallest absolute Gasteiger partial charge is 0.257 e. The molecule has 28 heavy (non-hydrogen) atoms. The van der Waals surface area contributed by atoms with Gasteiger partial charge in [0.1, 0.15) is 12.1 Å². The number of nitrogens with zero attached hydrogens (tertiary/aromatic N) is 5. The second-order valence-corrected chi connectivity index (χ2v) is 6.26. The van der Waals surface area contributed by atoms with E-state index in [1.54, 1.807) is 54.5 Å². The van der Waals surface area contributed by atoms with Crippen molar-refractivity contribution < 1.29 is 14.3 Å². The minimum atomic E-state index is -0.310. The zero-order chi connectivity index (χ0) is 19.5. The minimum absolute atomic E-state index is 0.0470. The monoisotopic (exact) mass is 378 g/mol. The van der Waals surface area contributed by atoms with E-state index in [9.17, 15) is 9.59 Å². The Morgan fingerprint density at radius 1 is 1.18 bits per heavy atom. The fourth-order valence-electron chi connectivity index (χ4n) is 3.22. The second kappa shape index (κ2) is 7.47. The summed E-state index contributed by atoms with van der Waals surface area (Å²) in [6, 6.07) is 12.3. The van der Waals surface area contributed by atoms with Crippen LogP contribution >= 0.6 is 0 Å². The fraction of sp³-hybridized carbons (Fsp3) is 0.211. The van der Waals surface area contributed by atoms with E-state index >= 15 is 0 Å². The highest BCUT2D eigenvalue weighted by Crippen LogP contribution is 2.34. The van der Waals surface area contributed by atoms with Gasteiger partial charge in [0.05, 0.1) is 24.0 Å². The average molecular weight is 378 g/mol. The number of hydrogen-bond acceptors (Lipinski definition) is 6. The van der Waals surface area contributed by atoms with Crippen LogP contribution in [0.15, 0.2) is 48.8 Å². The summed E-state index contributed by atoms with van der Waals surface area (Å²) < 4.78 is 6.81. The maximum absolute atomic E-state index is 12.9. The Bertz CT molecular complexity index is 1020. The van der Waals surface area contributed by atoms with Crippen molar-refractivity contribution in [1.82, 2.24) is 20.2 Å². The predicted octanol–water partition coefficient (Wildman–Crippen LogP) is 2.05. The van der Waals surface area contributed by atoms with Crippen LogP contribution in [0.4, 0.5) is 11.4 Å². The molecule has 1 saturated heterocycles. The van der Waals surface area contributed by atoms with Crippen molar-refractivity contribution in [3.63, 3.8) is 0 Å². The van der Waals surface area contributed by atoms with Gasteiger partial charge in [-0.15, -0.1) is 5.10 Å². The number of hydrogen-bond donors (Lipinski definition) is 1. The molecule has 0 unspecified atom stereocenters. The van der Waals surface area contributed by atoms with E-state index in [-0.39, 0.29) is 11.8 Å². The van der Waals surface area contributed by atoms with Gasteiger partial charge in [0.2, 0.25) is 5.91 Å². The fourth-order valence-corrected chi connectivity index (χ4v) is 3.22.